The maximum absolute atomic E-state index is 8.64. The van der Waals surface area contributed by atoms with E-state index in [1.165, 1.54) is 0 Å². The van der Waals surface area contributed by atoms with Crippen molar-refractivity contribution in [2.75, 3.05) is 26.2 Å². The van der Waals surface area contributed by atoms with Crippen LogP contribution in [0.25, 0.3) is 0 Å². The maximum atomic E-state index is 8.64. The van der Waals surface area contributed by atoms with E-state index in [1.54, 1.807) is 0 Å². The monoisotopic (exact) mass is 476 g/mol. The molecule has 33 heavy (non-hydrogen) atoms. The van der Waals surface area contributed by atoms with Crippen LogP contribution in [0.5, 0.6) is 0 Å². The average Bonchev–Trinajstić information content (AvgIpc) is 3.38. The zero-order valence-electron chi connectivity index (χ0n) is 18.5. The van der Waals surface area contributed by atoms with Gasteiger partial charge in [0.2, 0.25) is 0 Å². The maximum Gasteiger partial charge on any atom is 0.451 e. The lowest BCUT2D eigenvalue weighted by molar-refractivity contribution is -0.193. The molecule has 2 fully saturated rings. The van der Waals surface area contributed by atoms with Gasteiger partial charge in [-0.2, -0.15) is 19.2 Å². The summed E-state index contributed by atoms with van der Waals surface area (Å²) >= 11 is 0. The van der Waals surface area contributed by atoms with E-state index in [9.17, 15) is 0 Å². The van der Waals surface area contributed by atoms with E-state index in [4.69, 9.17) is 50.7 Å². The molecule has 10 N–H and O–H groups in total. The number of nitrogens with one attached hydrogen (secondary N) is 2. The van der Waals surface area contributed by atoms with Crippen molar-refractivity contribution in [3.63, 3.8) is 0 Å². The van der Waals surface area contributed by atoms with Crippen molar-refractivity contribution in [2.24, 2.45) is 23.3 Å². The highest BCUT2D eigenvalue weighted by Crippen LogP contribution is 2.20. The Balaban J connectivity index is -0.000000430. The lowest BCUT2D eigenvalue weighted by Gasteiger charge is -2.07. The second-order valence-corrected chi connectivity index (χ2v) is 7.87. The van der Waals surface area contributed by atoms with Crippen LogP contribution in [0.4, 0.5) is 0 Å². The van der Waals surface area contributed by atoms with E-state index in [0.717, 1.165) is 51.6 Å². The number of rotatable bonds is 10. The zero-order chi connectivity index (χ0) is 24.8. The number of hydrogen-bond acceptors (Lipinski definition) is 12. The first-order valence-corrected chi connectivity index (χ1v) is 10.8. The molecular weight excluding hydrogens is 434 g/mol. The van der Waals surface area contributed by atoms with E-state index < -0.39 is 14.2 Å². The summed E-state index contributed by atoms with van der Waals surface area (Å²) in [5, 5.41) is 41.3. The molecule has 0 bridgehead atoms. The Bertz CT molecular complexity index is 464. The second-order valence-electron chi connectivity index (χ2n) is 7.87. The van der Waals surface area contributed by atoms with Crippen molar-refractivity contribution >= 4 is 26.5 Å². The number of hydrogen-bond donors (Lipinski definition) is 8. The summed E-state index contributed by atoms with van der Waals surface area (Å²) in [4.78, 5) is 32.5. The van der Waals surface area contributed by atoms with Crippen molar-refractivity contribution in [1.29, 1.82) is 0 Å². The van der Waals surface area contributed by atoms with Crippen LogP contribution in [0.1, 0.15) is 46.0 Å². The summed E-state index contributed by atoms with van der Waals surface area (Å²) in [5.74, 6) is 1.35. The molecule has 2 saturated heterocycles. The summed E-state index contributed by atoms with van der Waals surface area (Å²) in [6.07, 6.45) is 7.68. The molecule has 0 aliphatic carbocycles. The van der Waals surface area contributed by atoms with Crippen LogP contribution >= 0.6 is 0 Å². The summed E-state index contributed by atoms with van der Waals surface area (Å²) in [6, 6.07) is 0.952. The van der Waals surface area contributed by atoms with E-state index >= 15 is 0 Å². The lowest BCUT2D eigenvalue weighted by Crippen LogP contribution is -2.29. The molecule has 2 heterocycles. The van der Waals surface area contributed by atoms with Crippen molar-refractivity contribution in [1.82, 2.24) is 10.6 Å². The third-order valence-electron chi connectivity index (χ3n) is 5.34. The summed E-state index contributed by atoms with van der Waals surface area (Å²) < 4.78 is 0. The fourth-order valence-electron chi connectivity index (χ4n) is 3.78. The molecule has 0 saturated carbocycles. The van der Waals surface area contributed by atoms with Gasteiger partial charge in [0.05, 0.1) is 0 Å². The molecule has 2 rings (SSSR count). The number of carbonyl (C=O) groups excluding carboxylic acids is 4. The minimum absolute atomic E-state index is 0. The van der Waals surface area contributed by atoms with Gasteiger partial charge in [0.25, 0.3) is 0 Å². The average molecular weight is 476 g/mol. The third-order valence-corrected chi connectivity index (χ3v) is 5.34. The second kappa shape index (κ2) is 25.2. The van der Waals surface area contributed by atoms with Crippen LogP contribution in [-0.2, 0) is 19.2 Å². The molecule has 192 valence electrons. The number of nitrogens with two attached hydrogens (primary N) is 2. The van der Waals surface area contributed by atoms with Crippen LogP contribution in [0.3, 0.4) is 0 Å². The van der Waals surface area contributed by atoms with Gasteiger partial charge in [-0.15, -0.1) is 0 Å². The van der Waals surface area contributed by atoms with Gasteiger partial charge in [-0.3, -0.25) is 0 Å². The normalized spacial score (nSPS) is 22.5. The molecule has 2 aliphatic rings. The largest absolute Gasteiger partial charge is 0.451 e. The fourth-order valence-corrected chi connectivity index (χ4v) is 3.78. The fraction of sp³-hybridized carbons (Fsp3) is 0.895. The first kappa shape index (κ1) is 36.1. The molecule has 0 spiro atoms. The first-order chi connectivity index (χ1) is 15.3. The highest BCUT2D eigenvalue weighted by molar-refractivity contribution is 6.41. The van der Waals surface area contributed by atoms with Gasteiger partial charge in [-0.05, 0) is 63.2 Å². The molecule has 0 amide bonds. The predicted molar refractivity (Wildman–Crippen MR) is 123 cm³/mol. The molecule has 0 unspecified atom stereocenters. The van der Waals surface area contributed by atoms with E-state index in [1.807, 2.05) is 0 Å². The van der Waals surface area contributed by atoms with Gasteiger partial charge in [0.1, 0.15) is 0 Å². The van der Waals surface area contributed by atoms with Crippen molar-refractivity contribution < 1.29 is 39.3 Å². The first-order valence-electron chi connectivity index (χ1n) is 10.8. The van der Waals surface area contributed by atoms with E-state index in [-0.39, 0.29) is 19.7 Å². The Kier molecular flexibility index (Phi) is 27.6. The van der Waals surface area contributed by atoms with Gasteiger partial charge >= 0.3 is 26.5 Å². The molecule has 0 aromatic carbocycles. The van der Waals surface area contributed by atoms with Gasteiger partial charge in [-0.1, -0.05) is 20.3 Å². The van der Waals surface area contributed by atoms with Crippen molar-refractivity contribution in [3.8, 4) is 0 Å². The minimum Gasteiger partial charge on any atom is -0.427 e. The summed E-state index contributed by atoms with van der Waals surface area (Å²) in [6.45, 7) is 3.48. The molecule has 0 aromatic rings. The SMILES string of the molecule is C.NC[C@@H]1C[C@@H](CCCB(O)O)CN1.NC[C@@H]1C[C@@H](CCCB(O)O)CN1.O=C=O.O=C=O. The molecule has 14 heteroatoms. The van der Waals surface area contributed by atoms with Crippen LogP contribution in [0, 0.1) is 11.8 Å². The van der Waals surface area contributed by atoms with Gasteiger partial charge in [0.15, 0.2) is 0 Å². The Labute approximate surface area is 197 Å². The van der Waals surface area contributed by atoms with E-state index in [2.05, 4.69) is 10.6 Å². The predicted octanol–water partition coefficient (Wildman–Crippen LogP) is -2.18. The zero-order valence-corrected chi connectivity index (χ0v) is 18.5. The molecule has 0 radical (unpaired) electrons. The Morgan fingerprint density at radius 3 is 1.24 bits per heavy atom. The highest BCUT2D eigenvalue weighted by atomic mass is 16.4. The Morgan fingerprint density at radius 1 is 0.727 bits per heavy atom. The summed E-state index contributed by atoms with van der Waals surface area (Å²) in [5.41, 5.74) is 11.1. The van der Waals surface area contributed by atoms with Crippen LogP contribution in [0.15, 0.2) is 0 Å². The van der Waals surface area contributed by atoms with Gasteiger partial charge < -0.3 is 42.2 Å². The topological polar surface area (TPSA) is 225 Å². The summed E-state index contributed by atoms with van der Waals surface area (Å²) in [7, 11) is -2.28. The Morgan fingerprint density at radius 2 is 1.03 bits per heavy atom. The molecule has 0 aromatic heterocycles. The standard InChI is InChI=1S/2C8H19BN2O2.2CO2.CH4/c2*10-5-8-4-7(6-11-8)2-1-3-9(12)13;2*2-1-3;/h2*7-8,11-13H,1-6,10H2;;;1H4/t2*7-,8+;;;/m11.../s1. The smallest absolute Gasteiger partial charge is 0.427 e. The van der Waals surface area contributed by atoms with E-state index in [0.29, 0.717) is 49.6 Å². The lowest BCUT2D eigenvalue weighted by atomic mass is 9.82. The molecular formula is C19H42B2N4O8. The molecule has 2 aliphatic heterocycles. The molecule has 12 nitrogen and oxygen atoms in total. The van der Waals surface area contributed by atoms with Crippen LogP contribution in [-0.4, -0.2) is 84.9 Å². The van der Waals surface area contributed by atoms with Gasteiger partial charge in [-0.25, -0.2) is 0 Å². The van der Waals surface area contributed by atoms with Crippen molar-refractivity contribution in [2.45, 2.75) is 70.7 Å². The minimum atomic E-state index is -1.14. The molecule has 4 atom stereocenters. The van der Waals surface area contributed by atoms with Crippen LogP contribution < -0.4 is 22.1 Å². The van der Waals surface area contributed by atoms with Gasteiger partial charge in [0, 0.05) is 25.2 Å². The highest BCUT2D eigenvalue weighted by Gasteiger charge is 2.23. The Hall–Kier alpha value is -1.43. The van der Waals surface area contributed by atoms with Crippen molar-refractivity contribution in [3.05, 3.63) is 0 Å². The third kappa shape index (κ3) is 23.5. The quantitative estimate of drug-likeness (QED) is 0.158. The van der Waals surface area contributed by atoms with Crippen LogP contribution in [0.2, 0.25) is 12.6 Å².